The van der Waals surface area contributed by atoms with E-state index < -0.39 is 20.0 Å². The maximum atomic E-state index is 11.8. The van der Waals surface area contributed by atoms with Gasteiger partial charge in [-0.15, -0.1) is 0 Å². The SMILES string of the molecule is COC(=O)/C([O-])=C1/C=CCC(CO[Si](C)(C)C(C)(C)C)=C1.[Li+]. The van der Waals surface area contributed by atoms with Crippen LogP contribution in [0.5, 0.6) is 0 Å². The van der Waals surface area contributed by atoms with Gasteiger partial charge in [0.25, 0.3) is 0 Å². The first-order valence-electron chi connectivity index (χ1n) is 7.08. The van der Waals surface area contributed by atoms with E-state index >= 15 is 0 Å². The van der Waals surface area contributed by atoms with E-state index in [9.17, 15) is 9.90 Å². The summed E-state index contributed by atoms with van der Waals surface area (Å²) in [4.78, 5) is 11.3. The van der Waals surface area contributed by atoms with Gasteiger partial charge in [-0.2, -0.15) is 0 Å². The largest absolute Gasteiger partial charge is 1.00 e. The van der Waals surface area contributed by atoms with Crippen LogP contribution >= 0.6 is 0 Å². The first kappa shape index (κ1) is 21.3. The van der Waals surface area contributed by atoms with Gasteiger partial charge in [-0.1, -0.05) is 39.0 Å². The first-order valence-corrected chi connectivity index (χ1v) is 9.99. The monoisotopic (exact) mass is 316 g/mol. The van der Waals surface area contributed by atoms with Crippen LogP contribution in [0.4, 0.5) is 0 Å². The Hall–Kier alpha value is -0.736. The topological polar surface area (TPSA) is 58.6 Å². The summed E-state index contributed by atoms with van der Waals surface area (Å²) < 4.78 is 10.6. The van der Waals surface area contributed by atoms with Crippen LogP contribution in [0.1, 0.15) is 27.2 Å². The maximum Gasteiger partial charge on any atom is 1.00 e. The van der Waals surface area contributed by atoms with Gasteiger partial charge in [0.2, 0.25) is 0 Å². The Bertz CT molecular complexity index is 499. The van der Waals surface area contributed by atoms with Gasteiger partial charge < -0.3 is 14.3 Å². The summed E-state index contributed by atoms with van der Waals surface area (Å²) in [6, 6.07) is 0. The van der Waals surface area contributed by atoms with Crippen LogP contribution in [-0.2, 0) is 14.0 Å². The molecule has 0 aromatic heterocycles. The zero-order valence-corrected chi connectivity index (χ0v) is 15.8. The Kier molecular flexibility index (Phi) is 7.94. The number of carbonyl (C=O) groups is 1. The smallest absolute Gasteiger partial charge is 0.867 e. The van der Waals surface area contributed by atoms with Gasteiger partial charge in [0.05, 0.1) is 13.7 Å². The van der Waals surface area contributed by atoms with Crippen LogP contribution < -0.4 is 24.0 Å². The van der Waals surface area contributed by atoms with E-state index in [0.717, 1.165) is 12.0 Å². The number of hydrogen-bond acceptors (Lipinski definition) is 4. The molecule has 0 radical (unpaired) electrons. The molecule has 0 aromatic rings. The summed E-state index contributed by atoms with van der Waals surface area (Å²) in [7, 11) is -0.611. The Morgan fingerprint density at radius 3 is 2.45 bits per heavy atom. The van der Waals surface area contributed by atoms with E-state index in [1.807, 2.05) is 6.08 Å². The fourth-order valence-corrected chi connectivity index (χ4v) is 2.59. The summed E-state index contributed by atoms with van der Waals surface area (Å²) in [5, 5.41) is 11.9. The fraction of sp³-hybridized carbons (Fsp3) is 0.562. The van der Waals surface area contributed by atoms with Gasteiger partial charge in [0.15, 0.2) is 8.32 Å². The zero-order valence-electron chi connectivity index (χ0n) is 14.8. The first-order chi connectivity index (χ1) is 9.58. The minimum absolute atomic E-state index is 0. The van der Waals surface area contributed by atoms with Crippen LogP contribution in [0, 0.1) is 0 Å². The van der Waals surface area contributed by atoms with Crippen LogP contribution in [0.15, 0.2) is 35.1 Å². The van der Waals surface area contributed by atoms with Crippen molar-refractivity contribution in [1.29, 1.82) is 0 Å². The molecule has 0 atom stereocenters. The molecule has 0 N–H and O–H groups in total. The van der Waals surface area contributed by atoms with Crippen LogP contribution in [0.25, 0.3) is 0 Å². The number of hydrogen-bond donors (Lipinski definition) is 0. The molecule has 0 unspecified atom stereocenters. The van der Waals surface area contributed by atoms with E-state index in [-0.39, 0.29) is 23.9 Å². The summed E-state index contributed by atoms with van der Waals surface area (Å²) in [5.74, 6) is -1.45. The molecule has 1 aliphatic rings. The molecular weight excluding hydrogens is 291 g/mol. The second-order valence-electron chi connectivity index (χ2n) is 6.73. The standard InChI is InChI=1S/C16H26O4Si.Li/c1-16(2,3)21(5,6)20-11-12-8-7-9-13(10-12)14(17)15(18)19-4;/h7,9-10,17H,8,11H2,1-6H3;/q;+1/p-1/b14-13+;. The average molecular weight is 316 g/mol. The van der Waals surface area contributed by atoms with Gasteiger partial charge in [-0.3, -0.25) is 0 Å². The summed E-state index contributed by atoms with van der Waals surface area (Å²) >= 11 is 0. The third-order valence-corrected chi connectivity index (χ3v) is 8.57. The Morgan fingerprint density at radius 2 is 1.95 bits per heavy atom. The second kappa shape index (κ2) is 8.21. The van der Waals surface area contributed by atoms with Crippen molar-refractivity contribution in [3.63, 3.8) is 0 Å². The molecule has 1 rings (SSSR count). The number of methoxy groups -OCH3 is 1. The van der Waals surface area contributed by atoms with Crippen molar-refractivity contribution in [2.75, 3.05) is 13.7 Å². The molecule has 0 amide bonds. The molecule has 4 nitrogen and oxygen atoms in total. The predicted octanol–water partition coefficient (Wildman–Crippen LogP) is -0.314. The third-order valence-electron chi connectivity index (χ3n) is 4.09. The van der Waals surface area contributed by atoms with Crippen molar-refractivity contribution in [1.82, 2.24) is 0 Å². The van der Waals surface area contributed by atoms with Crippen molar-refractivity contribution in [2.24, 2.45) is 0 Å². The molecule has 0 saturated heterocycles. The average Bonchev–Trinajstić information content (AvgIpc) is 2.42. The Morgan fingerprint density at radius 1 is 1.36 bits per heavy atom. The molecule has 0 bridgehead atoms. The summed E-state index contributed by atoms with van der Waals surface area (Å²) in [5.41, 5.74) is 1.37. The normalized spacial score (nSPS) is 17.5. The van der Waals surface area contributed by atoms with E-state index in [1.54, 1.807) is 12.2 Å². The van der Waals surface area contributed by atoms with Crippen molar-refractivity contribution in [3.8, 4) is 0 Å². The predicted molar refractivity (Wildman–Crippen MR) is 84.0 cm³/mol. The van der Waals surface area contributed by atoms with Crippen molar-refractivity contribution in [3.05, 3.63) is 35.1 Å². The molecule has 0 fully saturated rings. The van der Waals surface area contributed by atoms with Gasteiger partial charge in [0, 0.05) is 0 Å². The van der Waals surface area contributed by atoms with Crippen LogP contribution in [0.3, 0.4) is 0 Å². The Balaban J connectivity index is 0.00000441. The van der Waals surface area contributed by atoms with E-state index in [1.165, 1.54) is 7.11 Å². The number of rotatable bonds is 4. The van der Waals surface area contributed by atoms with Gasteiger partial charge >= 0.3 is 24.8 Å². The fourth-order valence-electron chi connectivity index (χ4n) is 1.61. The molecule has 6 heteroatoms. The molecule has 1 aliphatic carbocycles. The minimum Gasteiger partial charge on any atom is -0.867 e. The molecule has 0 spiro atoms. The third kappa shape index (κ3) is 5.47. The van der Waals surface area contributed by atoms with E-state index in [0.29, 0.717) is 12.2 Å². The number of allylic oxidation sites excluding steroid dienone is 4. The van der Waals surface area contributed by atoms with Crippen molar-refractivity contribution < 1.29 is 37.9 Å². The van der Waals surface area contributed by atoms with Crippen molar-refractivity contribution in [2.45, 2.75) is 45.3 Å². The number of esters is 1. The van der Waals surface area contributed by atoms with Gasteiger partial charge in [-0.05, 0) is 41.5 Å². The molecule has 118 valence electrons. The molecule has 0 aliphatic heterocycles. The molecule has 0 saturated carbocycles. The molecule has 0 heterocycles. The van der Waals surface area contributed by atoms with Crippen LogP contribution in [0.2, 0.25) is 18.1 Å². The van der Waals surface area contributed by atoms with E-state index in [4.69, 9.17) is 4.43 Å². The molecular formula is C16H25LiO4Si. The number of carbonyl (C=O) groups excluding carboxylic acids is 1. The summed E-state index contributed by atoms with van der Waals surface area (Å²) in [6.45, 7) is 11.4. The molecule has 0 aromatic carbocycles. The maximum absolute atomic E-state index is 11.8. The zero-order chi connectivity index (χ0) is 16.3. The molecule has 22 heavy (non-hydrogen) atoms. The van der Waals surface area contributed by atoms with Gasteiger partial charge in [0.1, 0.15) is 0 Å². The van der Waals surface area contributed by atoms with Gasteiger partial charge in [-0.25, -0.2) is 4.79 Å². The Labute approximate surface area is 146 Å². The van der Waals surface area contributed by atoms with Crippen molar-refractivity contribution >= 4 is 14.3 Å². The second-order valence-corrected chi connectivity index (χ2v) is 11.5. The van der Waals surface area contributed by atoms with E-state index in [2.05, 4.69) is 38.6 Å². The minimum atomic E-state index is -1.82. The number of ether oxygens (including phenoxy) is 1. The summed E-state index contributed by atoms with van der Waals surface area (Å²) in [6.07, 6.45) is 6.02. The van der Waals surface area contributed by atoms with Crippen LogP contribution in [-0.4, -0.2) is 28.0 Å². The quantitative estimate of drug-likeness (QED) is 0.309.